The molecule has 0 atom stereocenters. The molecule has 0 aliphatic heterocycles. The number of aromatic nitrogens is 3. The molecule has 0 aliphatic rings. The Kier molecular flexibility index (Phi) is 2.80. The first-order valence-electron chi connectivity index (χ1n) is 4.36. The SMILES string of the molecule is OCc1n[nH]c(=S)n1-c1ccc(F)cc1F. The fourth-order valence-corrected chi connectivity index (χ4v) is 1.60. The summed E-state index contributed by atoms with van der Waals surface area (Å²) in [5.74, 6) is -1.29. The Labute approximate surface area is 94.2 Å². The van der Waals surface area contributed by atoms with Crippen LogP contribution in [0.5, 0.6) is 0 Å². The van der Waals surface area contributed by atoms with Gasteiger partial charge in [0.05, 0.1) is 5.69 Å². The van der Waals surface area contributed by atoms with E-state index in [4.69, 9.17) is 17.3 Å². The summed E-state index contributed by atoms with van der Waals surface area (Å²) in [5.41, 5.74) is 0.0456. The third-order valence-corrected chi connectivity index (χ3v) is 2.31. The average Bonchev–Trinajstić information content (AvgIpc) is 2.60. The van der Waals surface area contributed by atoms with E-state index in [2.05, 4.69) is 10.2 Å². The minimum Gasteiger partial charge on any atom is -0.388 e. The number of aromatic amines is 1. The van der Waals surface area contributed by atoms with Crippen LogP contribution in [0.4, 0.5) is 8.78 Å². The topological polar surface area (TPSA) is 53.8 Å². The molecule has 0 radical (unpaired) electrons. The summed E-state index contributed by atoms with van der Waals surface area (Å²) in [6.45, 7) is -0.399. The van der Waals surface area contributed by atoms with E-state index in [1.165, 1.54) is 10.6 Å². The van der Waals surface area contributed by atoms with Crippen LogP contribution in [0.25, 0.3) is 5.69 Å². The van der Waals surface area contributed by atoms with Crippen molar-refractivity contribution in [1.29, 1.82) is 0 Å². The van der Waals surface area contributed by atoms with Gasteiger partial charge >= 0.3 is 0 Å². The molecule has 0 saturated heterocycles. The molecule has 0 bridgehead atoms. The monoisotopic (exact) mass is 243 g/mol. The zero-order valence-corrected chi connectivity index (χ0v) is 8.76. The van der Waals surface area contributed by atoms with Gasteiger partial charge in [-0.05, 0) is 24.4 Å². The van der Waals surface area contributed by atoms with Crippen LogP contribution >= 0.6 is 12.2 Å². The number of halogens is 2. The molecule has 1 aromatic heterocycles. The summed E-state index contributed by atoms with van der Waals surface area (Å²) in [6.07, 6.45) is 0. The van der Waals surface area contributed by atoms with E-state index >= 15 is 0 Å². The van der Waals surface area contributed by atoms with Crippen LogP contribution in [0.2, 0.25) is 0 Å². The van der Waals surface area contributed by atoms with E-state index in [0.29, 0.717) is 0 Å². The fourth-order valence-electron chi connectivity index (χ4n) is 1.35. The highest BCUT2D eigenvalue weighted by Gasteiger charge is 2.11. The first-order valence-corrected chi connectivity index (χ1v) is 4.77. The smallest absolute Gasteiger partial charge is 0.200 e. The zero-order valence-electron chi connectivity index (χ0n) is 7.94. The maximum Gasteiger partial charge on any atom is 0.200 e. The Morgan fingerprint density at radius 2 is 2.19 bits per heavy atom. The third kappa shape index (κ3) is 1.74. The number of rotatable bonds is 2. The molecular formula is C9H7F2N3OS. The van der Waals surface area contributed by atoms with Gasteiger partial charge in [-0.3, -0.25) is 9.67 Å². The largest absolute Gasteiger partial charge is 0.388 e. The van der Waals surface area contributed by atoms with Crippen LogP contribution < -0.4 is 0 Å². The van der Waals surface area contributed by atoms with Gasteiger partial charge in [-0.25, -0.2) is 8.78 Å². The Morgan fingerprint density at radius 1 is 1.44 bits per heavy atom. The standard InChI is InChI=1S/C9H7F2N3OS/c10-5-1-2-7(6(11)3-5)14-8(4-15)12-13-9(14)16/h1-3,15H,4H2,(H,13,16). The van der Waals surface area contributed by atoms with Gasteiger partial charge in [0.25, 0.3) is 0 Å². The van der Waals surface area contributed by atoms with Crippen LogP contribution in [-0.2, 0) is 6.61 Å². The lowest BCUT2D eigenvalue weighted by Gasteiger charge is -2.06. The molecule has 0 amide bonds. The number of hydrogen-bond donors (Lipinski definition) is 2. The van der Waals surface area contributed by atoms with E-state index in [0.717, 1.165) is 12.1 Å². The van der Waals surface area contributed by atoms with E-state index < -0.39 is 18.2 Å². The van der Waals surface area contributed by atoms with Crippen molar-refractivity contribution < 1.29 is 13.9 Å². The van der Waals surface area contributed by atoms with Gasteiger partial charge < -0.3 is 5.11 Å². The van der Waals surface area contributed by atoms with Crippen LogP contribution in [0.3, 0.4) is 0 Å². The van der Waals surface area contributed by atoms with Crippen LogP contribution in [0.1, 0.15) is 5.82 Å². The zero-order chi connectivity index (χ0) is 11.7. The molecule has 2 N–H and O–H groups in total. The van der Waals surface area contributed by atoms with Crippen molar-refractivity contribution in [2.45, 2.75) is 6.61 Å². The molecule has 0 fully saturated rings. The Bertz CT molecular complexity index is 578. The van der Waals surface area contributed by atoms with Gasteiger partial charge in [0, 0.05) is 6.07 Å². The lowest BCUT2D eigenvalue weighted by molar-refractivity contribution is 0.268. The number of H-pyrrole nitrogens is 1. The van der Waals surface area contributed by atoms with E-state index in [1.54, 1.807) is 0 Å². The molecule has 1 aromatic carbocycles. The van der Waals surface area contributed by atoms with Crippen molar-refractivity contribution in [2.24, 2.45) is 0 Å². The molecule has 0 saturated carbocycles. The molecule has 4 nitrogen and oxygen atoms in total. The van der Waals surface area contributed by atoms with Crippen LogP contribution in [-0.4, -0.2) is 19.9 Å². The summed E-state index contributed by atoms with van der Waals surface area (Å²) < 4.78 is 27.5. The van der Waals surface area contributed by atoms with Crippen molar-refractivity contribution in [3.8, 4) is 5.69 Å². The predicted octanol–water partition coefficient (Wildman–Crippen LogP) is 1.70. The first-order chi connectivity index (χ1) is 7.63. The minimum absolute atomic E-state index is 0.0456. The second kappa shape index (κ2) is 4.11. The van der Waals surface area contributed by atoms with Gasteiger partial charge in [0.1, 0.15) is 18.2 Å². The number of nitrogens with one attached hydrogen (secondary N) is 1. The second-order valence-electron chi connectivity index (χ2n) is 3.03. The Hall–Kier alpha value is -1.60. The highest BCUT2D eigenvalue weighted by molar-refractivity contribution is 7.71. The molecule has 1 heterocycles. The van der Waals surface area contributed by atoms with Gasteiger partial charge in [-0.15, -0.1) is 0 Å². The van der Waals surface area contributed by atoms with Crippen molar-refractivity contribution in [2.75, 3.05) is 0 Å². The van der Waals surface area contributed by atoms with Crippen molar-refractivity contribution >= 4 is 12.2 Å². The molecule has 84 valence electrons. The Balaban J connectivity index is 2.67. The lowest BCUT2D eigenvalue weighted by Crippen LogP contribution is -2.04. The van der Waals surface area contributed by atoms with Gasteiger partial charge in [0.15, 0.2) is 10.6 Å². The number of aliphatic hydroxyl groups is 1. The minimum atomic E-state index is -0.771. The number of hydrogen-bond acceptors (Lipinski definition) is 3. The summed E-state index contributed by atoms with van der Waals surface area (Å²) >= 11 is 4.89. The van der Waals surface area contributed by atoms with E-state index in [-0.39, 0.29) is 16.3 Å². The van der Waals surface area contributed by atoms with Crippen LogP contribution in [0, 0.1) is 16.4 Å². The Morgan fingerprint density at radius 3 is 2.81 bits per heavy atom. The van der Waals surface area contributed by atoms with Gasteiger partial charge in [-0.1, -0.05) is 0 Å². The summed E-state index contributed by atoms with van der Waals surface area (Å²) in [7, 11) is 0. The quantitative estimate of drug-likeness (QED) is 0.789. The highest BCUT2D eigenvalue weighted by atomic mass is 32.1. The molecular weight excluding hydrogens is 236 g/mol. The first kappa shape index (κ1) is 10.9. The predicted molar refractivity (Wildman–Crippen MR) is 54.6 cm³/mol. The van der Waals surface area contributed by atoms with Gasteiger partial charge in [0.2, 0.25) is 0 Å². The van der Waals surface area contributed by atoms with Crippen molar-refractivity contribution in [3.63, 3.8) is 0 Å². The summed E-state index contributed by atoms with van der Waals surface area (Å²) in [5, 5.41) is 15.1. The van der Waals surface area contributed by atoms with E-state index in [1.807, 2.05) is 0 Å². The molecule has 0 spiro atoms. The summed E-state index contributed by atoms with van der Waals surface area (Å²) in [6, 6.07) is 3.08. The fraction of sp³-hybridized carbons (Fsp3) is 0.111. The molecule has 2 rings (SSSR count). The van der Waals surface area contributed by atoms with Crippen LogP contribution in [0.15, 0.2) is 18.2 Å². The molecule has 7 heteroatoms. The number of benzene rings is 1. The lowest BCUT2D eigenvalue weighted by atomic mass is 10.3. The van der Waals surface area contributed by atoms with E-state index in [9.17, 15) is 8.78 Å². The maximum atomic E-state index is 13.5. The highest BCUT2D eigenvalue weighted by Crippen LogP contribution is 2.16. The average molecular weight is 243 g/mol. The normalized spacial score (nSPS) is 10.7. The number of aliphatic hydroxyl groups excluding tert-OH is 1. The summed E-state index contributed by atoms with van der Waals surface area (Å²) in [4.78, 5) is 0. The third-order valence-electron chi connectivity index (χ3n) is 2.03. The van der Waals surface area contributed by atoms with Gasteiger partial charge in [-0.2, -0.15) is 5.10 Å². The maximum absolute atomic E-state index is 13.5. The van der Waals surface area contributed by atoms with Crippen molar-refractivity contribution in [1.82, 2.24) is 14.8 Å². The molecule has 0 unspecified atom stereocenters. The van der Waals surface area contributed by atoms with Crippen molar-refractivity contribution in [3.05, 3.63) is 40.4 Å². The number of nitrogens with zero attached hydrogens (tertiary/aromatic N) is 2. The second-order valence-corrected chi connectivity index (χ2v) is 3.42. The molecule has 16 heavy (non-hydrogen) atoms. The molecule has 0 aliphatic carbocycles. The molecule has 2 aromatic rings.